The summed E-state index contributed by atoms with van der Waals surface area (Å²) in [6.07, 6.45) is 0. The number of nitrogens with one attached hydrogen (secondary N) is 1. The van der Waals surface area contributed by atoms with Crippen LogP contribution in [0.1, 0.15) is 0 Å². The summed E-state index contributed by atoms with van der Waals surface area (Å²) in [7, 11) is 1.66. The monoisotopic (exact) mass is 217 g/mol. The van der Waals surface area contributed by atoms with Crippen molar-refractivity contribution in [2.24, 2.45) is 5.73 Å². The highest BCUT2D eigenvalue weighted by molar-refractivity contribution is 6.36. The summed E-state index contributed by atoms with van der Waals surface area (Å²) in [4.78, 5) is 1.47. The van der Waals surface area contributed by atoms with Gasteiger partial charge in [-0.05, 0) is 18.2 Å². The Bertz CT molecular complexity index is 338. The fourth-order valence-electron chi connectivity index (χ4n) is 0.883. The molecule has 70 valence electrons. The largest absolute Gasteiger partial charge is 0.370 e. The molecule has 0 aliphatic heterocycles. The van der Waals surface area contributed by atoms with Gasteiger partial charge < -0.3 is 10.6 Å². The highest BCUT2D eigenvalue weighted by Crippen LogP contribution is 2.27. The molecule has 0 atom stereocenters. The Morgan fingerprint density at radius 1 is 1.46 bits per heavy atom. The molecule has 0 spiro atoms. The molecule has 0 fully saturated rings. The first kappa shape index (κ1) is 10.2. The van der Waals surface area contributed by atoms with Crippen LogP contribution in [-0.2, 0) is 0 Å². The average molecular weight is 218 g/mol. The molecule has 0 bridgehead atoms. The minimum atomic E-state index is -0.0655. The van der Waals surface area contributed by atoms with E-state index in [1.807, 2.05) is 0 Å². The normalized spacial score (nSPS) is 9.77. The first-order chi connectivity index (χ1) is 6.02. The summed E-state index contributed by atoms with van der Waals surface area (Å²) in [5.74, 6) is -0.0655. The molecular formula is C8H9Cl2N3. The lowest BCUT2D eigenvalue weighted by Crippen LogP contribution is -2.32. The number of hydrogen-bond acceptors (Lipinski definition) is 1. The third-order valence-electron chi connectivity index (χ3n) is 1.63. The Morgan fingerprint density at radius 2 is 2.08 bits per heavy atom. The van der Waals surface area contributed by atoms with Crippen molar-refractivity contribution >= 4 is 34.8 Å². The summed E-state index contributed by atoms with van der Waals surface area (Å²) in [6, 6.07) is 5.02. The molecule has 1 aromatic carbocycles. The highest BCUT2D eigenvalue weighted by atomic mass is 35.5. The number of rotatable bonds is 1. The van der Waals surface area contributed by atoms with Gasteiger partial charge in [-0.15, -0.1) is 0 Å². The van der Waals surface area contributed by atoms with E-state index < -0.39 is 0 Å². The number of benzene rings is 1. The average Bonchev–Trinajstić information content (AvgIpc) is 2.03. The van der Waals surface area contributed by atoms with E-state index in [4.69, 9.17) is 34.3 Å². The van der Waals surface area contributed by atoms with E-state index in [9.17, 15) is 0 Å². The van der Waals surface area contributed by atoms with Crippen LogP contribution < -0.4 is 10.6 Å². The Balaban J connectivity index is 3.08. The lowest BCUT2D eigenvalue weighted by molar-refractivity contribution is 1.20. The van der Waals surface area contributed by atoms with Crippen molar-refractivity contribution in [3.63, 3.8) is 0 Å². The Labute approximate surface area is 86.6 Å². The third kappa shape index (κ3) is 2.26. The van der Waals surface area contributed by atoms with Crippen LogP contribution in [0, 0.1) is 5.41 Å². The zero-order chi connectivity index (χ0) is 10.0. The predicted molar refractivity (Wildman–Crippen MR) is 56.8 cm³/mol. The van der Waals surface area contributed by atoms with Gasteiger partial charge in [-0.2, -0.15) is 0 Å². The van der Waals surface area contributed by atoms with Crippen LogP contribution in [0.2, 0.25) is 10.0 Å². The van der Waals surface area contributed by atoms with Crippen molar-refractivity contribution in [3.8, 4) is 0 Å². The predicted octanol–water partition coefficient (Wildman–Crippen LogP) is 2.32. The molecular weight excluding hydrogens is 209 g/mol. The fourth-order valence-corrected chi connectivity index (χ4v) is 1.42. The second-order valence-corrected chi connectivity index (χ2v) is 3.38. The van der Waals surface area contributed by atoms with Gasteiger partial charge in [0, 0.05) is 12.1 Å². The molecule has 13 heavy (non-hydrogen) atoms. The maximum atomic E-state index is 7.20. The van der Waals surface area contributed by atoms with E-state index in [-0.39, 0.29) is 5.96 Å². The van der Waals surface area contributed by atoms with Crippen molar-refractivity contribution < 1.29 is 0 Å². The van der Waals surface area contributed by atoms with Gasteiger partial charge in [-0.25, -0.2) is 0 Å². The number of nitrogens with two attached hydrogens (primary N) is 1. The molecule has 3 N–H and O–H groups in total. The van der Waals surface area contributed by atoms with Gasteiger partial charge in [-0.1, -0.05) is 23.2 Å². The number of guanidine groups is 1. The fraction of sp³-hybridized carbons (Fsp3) is 0.125. The van der Waals surface area contributed by atoms with E-state index in [0.717, 1.165) is 0 Å². The second-order valence-electron chi connectivity index (χ2n) is 2.54. The van der Waals surface area contributed by atoms with Crippen molar-refractivity contribution in [1.82, 2.24) is 0 Å². The van der Waals surface area contributed by atoms with Crippen LogP contribution in [0.4, 0.5) is 5.69 Å². The lowest BCUT2D eigenvalue weighted by Gasteiger charge is -2.17. The van der Waals surface area contributed by atoms with Crippen LogP contribution >= 0.6 is 23.2 Å². The molecule has 0 amide bonds. The summed E-state index contributed by atoms with van der Waals surface area (Å²) in [6.45, 7) is 0. The Morgan fingerprint density at radius 3 is 2.54 bits per heavy atom. The Hall–Kier alpha value is -0.930. The van der Waals surface area contributed by atoms with E-state index in [2.05, 4.69) is 0 Å². The van der Waals surface area contributed by atoms with Gasteiger partial charge in [0.15, 0.2) is 5.96 Å². The maximum Gasteiger partial charge on any atom is 0.192 e. The number of halogens is 2. The van der Waals surface area contributed by atoms with Gasteiger partial charge in [0.25, 0.3) is 0 Å². The molecule has 3 nitrogen and oxygen atoms in total. The van der Waals surface area contributed by atoms with E-state index in [1.165, 1.54) is 4.90 Å². The van der Waals surface area contributed by atoms with Crippen molar-refractivity contribution in [2.75, 3.05) is 11.9 Å². The molecule has 0 heterocycles. The molecule has 0 unspecified atom stereocenters. The number of hydrogen-bond donors (Lipinski definition) is 2. The van der Waals surface area contributed by atoms with E-state index in [0.29, 0.717) is 15.7 Å². The van der Waals surface area contributed by atoms with E-state index >= 15 is 0 Å². The van der Waals surface area contributed by atoms with Gasteiger partial charge in [0.05, 0.1) is 10.7 Å². The smallest absolute Gasteiger partial charge is 0.192 e. The van der Waals surface area contributed by atoms with Crippen molar-refractivity contribution in [1.29, 1.82) is 5.41 Å². The van der Waals surface area contributed by atoms with Crippen LogP contribution in [0.5, 0.6) is 0 Å². The maximum absolute atomic E-state index is 7.20. The summed E-state index contributed by atoms with van der Waals surface area (Å²) in [5, 5.41) is 8.24. The van der Waals surface area contributed by atoms with Crippen LogP contribution in [-0.4, -0.2) is 13.0 Å². The summed E-state index contributed by atoms with van der Waals surface area (Å²) < 4.78 is 0. The standard InChI is InChI=1S/C8H9Cl2N3/c1-13(8(11)12)7-3-2-5(9)4-6(7)10/h2-4H,1H3,(H3,11,12). The van der Waals surface area contributed by atoms with Gasteiger partial charge in [0.2, 0.25) is 0 Å². The zero-order valence-corrected chi connectivity index (χ0v) is 8.52. The quantitative estimate of drug-likeness (QED) is 0.561. The topological polar surface area (TPSA) is 53.1 Å². The molecule has 0 aliphatic rings. The van der Waals surface area contributed by atoms with E-state index in [1.54, 1.807) is 25.2 Å². The first-order valence-corrected chi connectivity index (χ1v) is 4.31. The van der Waals surface area contributed by atoms with Crippen LogP contribution in [0.25, 0.3) is 0 Å². The second kappa shape index (κ2) is 3.85. The van der Waals surface area contributed by atoms with Gasteiger partial charge in [-0.3, -0.25) is 5.41 Å². The van der Waals surface area contributed by atoms with Crippen molar-refractivity contribution in [3.05, 3.63) is 28.2 Å². The molecule has 1 aromatic rings. The first-order valence-electron chi connectivity index (χ1n) is 3.55. The summed E-state index contributed by atoms with van der Waals surface area (Å²) >= 11 is 11.6. The third-order valence-corrected chi connectivity index (χ3v) is 2.17. The highest BCUT2D eigenvalue weighted by Gasteiger charge is 2.07. The number of nitrogens with zero attached hydrogens (tertiary/aromatic N) is 1. The minimum Gasteiger partial charge on any atom is -0.370 e. The van der Waals surface area contributed by atoms with Gasteiger partial charge >= 0.3 is 0 Å². The number of anilines is 1. The molecule has 0 saturated carbocycles. The van der Waals surface area contributed by atoms with Crippen LogP contribution in [0.15, 0.2) is 18.2 Å². The zero-order valence-electron chi connectivity index (χ0n) is 7.01. The molecule has 5 heteroatoms. The molecule has 0 radical (unpaired) electrons. The van der Waals surface area contributed by atoms with Gasteiger partial charge in [0.1, 0.15) is 0 Å². The Kier molecular flexibility index (Phi) is 3.01. The lowest BCUT2D eigenvalue weighted by atomic mass is 10.3. The molecule has 1 rings (SSSR count). The minimum absolute atomic E-state index is 0.0655. The van der Waals surface area contributed by atoms with Crippen molar-refractivity contribution in [2.45, 2.75) is 0 Å². The molecule has 0 aliphatic carbocycles. The SMILES string of the molecule is CN(C(=N)N)c1ccc(Cl)cc1Cl. The summed E-state index contributed by atoms with van der Waals surface area (Å²) in [5.41, 5.74) is 5.96. The van der Waals surface area contributed by atoms with Crippen LogP contribution in [0.3, 0.4) is 0 Å². The molecule has 0 aromatic heterocycles. The molecule has 0 saturated heterocycles.